The van der Waals surface area contributed by atoms with E-state index < -0.39 is 0 Å². The summed E-state index contributed by atoms with van der Waals surface area (Å²) in [7, 11) is 5.84. The van der Waals surface area contributed by atoms with Crippen LogP contribution in [-0.4, -0.2) is 48.0 Å². The topological polar surface area (TPSA) is 30.3 Å². The summed E-state index contributed by atoms with van der Waals surface area (Å²) in [5.74, 6) is 1.88. The highest BCUT2D eigenvalue weighted by molar-refractivity contribution is 7.99. The Labute approximate surface area is 118 Å². The molecule has 4 nitrogen and oxygen atoms in total. The Kier molecular flexibility index (Phi) is 4.87. The van der Waals surface area contributed by atoms with Crippen LogP contribution in [0.4, 0.5) is 0 Å². The molecule has 102 valence electrons. The summed E-state index contributed by atoms with van der Waals surface area (Å²) in [5, 5.41) is 1.01. The predicted octanol–water partition coefficient (Wildman–Crippen LogP) is 2.53. The Hall–Kier alpha value is -1.46. The van der Waals surface area contributed by atoms with E-state index in [-0.39, 0.29) is 0 Å². The van der Waals surface area contributed by atoms with Crippen molar-refractivity contribution in [3.63, 3.8) is 0 Å². The third-order valence-electron chi connectivity index (χ3n) is 2.71. The van der Waals surface area contributed by atoms with Crippen molar-refractivity contribution in [3.8, 4) is 11.4 Å². The monoisotopic (exact) mass is 277 g/mol. The van der Waals surface area contributed by atoms with Crippen LogP contribution in [0.2, 0.25) is 0 Å². The number of thioether (sulfide) groups is 1. The van der Waals surface area contributed by atoms with Crippen LogP contribution in [0.3, 0.4) is 0 Å². The lowest BCUT2D eigenvalue weighted by Gasteiger charge is -2.11. The summed E-state index contributed by atoms with van der Waals surface area (Å²) < 4.78 is 7.34. The fourth-order valence-corrected chi connectivity index (χ4v) is 2.75. The number of hydrogen-bond acceptors (Lipinski definition) is 4. The maximum Gasteiger partial charge on any atom is 0.172 e. The lowest BCUT2D eigenvalue weighted by atomic mass is 10.3. The molecule has 0 amide bonds. The van der Waals surface area contributed by atoms with Crippen molar-refractivity contribution in [2.24, 2.45) is 0 Å². The van der Waals surface area contributed by atoms with E-state index in [2.05, 4.69) is 34.6 Å². The first-order chi connectivity index (χ1) is 9.20. The summed E-state index contributed by atoms with van der Waals surface area (Å²) in [6, 6.07) is 8.00. The van der Waals surface area contributed by atoms with E-state index in [1.54, 1.807) is 18.9 Å². The van der Waals surface area contributed by atoms with Crippen molar-refractivity contribution in [3.05, 3.63) is 36.7 Å². The minimum atomic E-state index is 0.857. The van der Waals surface area contributed by atoms with E-state index in [1.807, 2.05) is 30.6 Å². The average Bonchev–Trinajstić information content (AvgIpc) is 2.87. The Bertz CT molecular complexity index is 525. The fourth-order valence-electron chi connectivity index (χ4n) is 1.67. The van der Waals surface area contributed by atoms with Gasteiger partial charge < -0.3 is 9.64 Å². The second-order valence-corrected chi connectivity index (χ2v) is 5.50. The van der Waals surface area contributed by atoms with Crippen LogP contribution in [0.5, 0.6) is 5.75 Å². The second kappa shape index (κ2) is 6.63. The fraction of sp³-hybridized carbons (Fsp3) is 0.357. The molecule has 0 atom stereocenters. The molecule has 0 radical (unpaired) electrons. The lowest BCUT2D eigenvalue weighted by molar-refractivity contribution is 0.414. The highest BCUT2D eigenvalue weighted by atomic mass is 32.2. The van der Waals surface area contributed by atoms with Gasteiger partial charge in [-0.2, -0.15) is 0 Å². The molecule has 0 aliphatic heterocycles. The maximum atomic E-state index is 5.26. The van der Waals surface area contributed by atoms with Crippen LogP contribution in [0.25, 0.3) is 5.69 Å². The molecule has 5 heteroatoms. The van der Waals surface area contributed by atoms with Gasteiger partial charge in [0.1, 0.15) is 5.75 Å². The van der Waals surface area contributed by atoms with Gasteiger partial charge in [0, 0.05) is 30.8 Å². The van der Waals surface area contributed by atoms with Crippen LogP contribution in [0.1, 0.15) is 0 Å². The normalized spacial score (nSPS) is 10.9. The number of benzene rings is 1. The van der Waals surface area contributed by atoms with Crippen LogP contribution in [0, 0.1) is 0 Å². The highest BCUT2D eigenvalue weighted by Crippen LogP contribution is 2.22. The van der Waals surface area contributed by atoms with Crippen molar-refractivity contribution in [2.45, 2.75) is 5.16 Å². The van der Waals surface area contributed by atoms with E-state index in [4.69, 9.17) is 4.74 Å². The first kappa shape index (κ1) is 14.0. The Morgan fingerprint density at radius 2 is 2.21 bits per heavy atom. The number of imidazole rings is 1. The maximum absolute atomic E-state index is 5.26. The number of hydrogen-bond donors (Lipinski definition) is 0. The molecule has 0 unspecified atom stereocenters. The third-order valence-corrected chi connectivity index (χ3v) is 3.65. The molecule has 1 aromatic carbocycles. The third kappa shape index (κ3) is 3.75. The number of ether oxygens (including phenoxy) is 1. The molecule has 19 heavy (non-hydrogen) atoms. The van der Waals surface area contributed by atoms with Gasteiger partial charge in [-0.15, -0.1) is 0 Å². The smallest absolute Gasteiger partial charge is 0.172 e. The van der Waals surface area contributed by atoms with Gasteiger partial charge in [-0.1, -0.05) is 17.8 Å². The number of methoxy groups -OCH3 is 1. The molecule has 0 saturated carbocycles. The van der Waals surface area contributed by atoms with Crippen LogP contribution in [0.15, 0.2) is 41.8 Å². The van der Waals surface area contributed by atoms with Gasteiger partial charge in [0.2, 0.25) is 0 Å². The van der Waals surface area contributed by atoms with Crippen LogP contribution < -0.4 is 4.74 Å². The number of nitrogens with zero attached hydrogens (tertiary/aromatic N) is 3. The molecule has 0 bridgehead atoms. The Balaban J connectivity index is 2.14. The summed E-state index contributed by atoms with van der Waals surface area (Å²) in [5.41, 5.74) is 1.07. The summed E-state index contributed by atoms with van der Waals surface area (Å²) in [6.45, 7) is 1.04. The lowest BCUT2D eigenvalue weighted by Crippen LogP contribution is -2.15. The van der Waals surface area contributed by atoms with E-state index in [1.165, 1.54) is 0 Å². The summed E-state index contributed by atoms with van der Waals surface area (Å²) >= 11 is 1.76. The molecule has 1 heterocycles. The SMILES string of the molecule is COc1cccc(-n2ccnc2SCCN(C)C)c1. The molecule has 0 aliphatic carbocycles. The first-order valence-corrected chi connectivity index (χ1v) is 7.14. The zero-order valence-electron chi connectivity index (χ0n) is 11.5. The molecular formula is C14H19N3OS. The molecule has 0 fully saturated rings. The van der Waals surface area contributed by atoms with Crippen molar-refractivity contribution >= 4 is 11.8 Å². The molecular weight excluding hydrogens is 258 g/mol. The molecule has 0 saturated heterocycles. The quantitative estimate of drug-likeness (QED) is 0.759. The molecule has 2 aromatic rings. The first-order valence-electron chi connectivity index (χ1n) is 6.16. The molecule has 1 aromatic heterocycles. The zero-order chi connectivity index (χ0) is 13.7. The van der Waals surface area contributed by atoms with Crippen molar-refractivity contribution in [2.75, 3.05) is 33.5 Å². The Morgan fingerprint density at radius 1 is 1.37 bits per heavy atom. The average molecular weight is 277 g/mol. The van der Waals surface area contributed by atoms with Gasteiger partial charge >= 0.3 is 0 Å². The molecule has 0 spiro atoms. The molecule has 0 aliphatic rings. The van der Waals surface area contributed by atoms with E-state index >= 15 is 0 Å². The molecule has 2 rings (SSSR count). The van der Waals surface area contributed by atoms with E-state index in [9.17, 15) is 0 Å². The summed E-state index contributed by atoms with van der Waals surface area (Å²) in [4.78, 5) is 6.58. The minimum absolute atomic E-state index is 0.857. The van der Waals surface area contributed by atoms with Crippen molar-refractivity contribution in [1.29, 1.82) is 0 Å². The van der Waals surface area contributed by atoms with Crippen LogP contribution in [-0.2, 0) is 0 Å². The van der Waals surface area contributed by atoms with Gasteiger partial charge in [0.15, 0.2) is 5.16 Å². The Morgan fingerprint density at radius 3 is 2.95 bits per heavy atom. The van der Waals surface area contributed by atoms with Gasteiger partial charge in [-0.25, -0.2) is 4.98 Å². The van der Waals surface area contributed by atoms with Gasteiger partial charge in [0.05, 0.1) is 12.8 Å². The standard InChI is InChI=1S/C14H19N3OS/c1-16(2)9-10-19-14-15-7-8-17(14)12-5-4-6-13(11-12)18-3/h4-8,11H,9-10H2,1-3H3. The highest BCUT2D eigenvalue weighted by Gasteiger charge is 2.06. The number of rotatable bonds is 6. The van der Waals surface area contributed by atoms with Gasteiger partial charge in [-0.3, -0.25) is 4.57 Å². The molecule has 0 N–H and O–H groups in total. The van der Waals surface area contributed by atoms with Gasteiger partial charge in [0.25, 0.3) is 0 Å². The number of aromatic nitrogens is 2. The summed E-state index contributed by atoms with van der Waals surface area (Å²) in [6.07, 6.45) is 3.81. The van der Waals surface area contributed by atoms with E-state index in [0.717, 1.165) is 28.9 Å². The largest absolute Gasteiger partial charge is 0.497 e. The van der Waals surface area contributed by atoms with E-state index in [0.29, 0.717) is 0 Å². The predicted molar refractivity (Wildman–Crippen MR) is 79.4 cm³/mol. The van der Waals surface area contributed by atoms with Crippen molar-refractivity contribution in [1.82, 2.24) is 14.5 Å². The second-order valence-electron chi connectivity index (χ2n) is 4.43. The van der Waals surface area contributed by atoms with Gasteiger partial charge in [-0.05, 0) is 26.2 Å². The van der Waals surface area contributed by atoms with Crippen LogP contribution >= 0.6 is 11.8 Å². The van der Waals surface area contributed by atoms with Crippen molar-refractivity contribution < 1.29 is 4.74 Å². The minimum Gasteiger partial charge on any atom is -0.497 e. The zero-order valence-corrected chi connectivity index (χ0v) is 12.4.